The summed E-state index contributed by atoms with van der Waals surface area (Å²) >= 11 is 0. The summed E-state index contributed by atoms with van der Waals surface area (Å²) in [7, 11) is 0. The summed E-state index contributed by atoms with van der Waals surface area (Å²) in [6.45, 7) is 7.65. The van der Waals surface area contributed by atoms with Crippen molar-refractivity contribution in [3.05, 3.63) is 53.6 Å². The maximum Gasteiger partial charge on any atom is 0.331 e. The molecule has 104 valence electrons. The maximum atomic E-state index is 11.6. The van der Waals surface area contributed by atoms with E-state index in [1.807, 2.05) is 26.8 Å². The number of hydrogen-bond donors (Lipinski definition) is 0. The number of aryl methyl sites for hydroxylation is 1. The van der Waals surface area contributed by atoms with E-state index in [1.165, 1.54) is 22.4 Å². The van der Waals surface area contributed by atoms with Crippen LogP contribution in [0.25, 0.3) is 16.8 Å². The average molecular weight is 268 g/mol. The first-order chi connectivity index (χ1) is 9.33. The molecule has 2 aromatic carbocycles. The molecule has 0 N–H and O–H groups in total. The Labute approximate surface area is 120 Å². The van der Waals surface area contributed by atoms with Crippen molar-refractivity contribution < 1.29 is 9.53 Å². The lowest BCUT2D eigenvalue weighted by Gasteiger charge is -2.17. The van der Waals surface area contributed by atoms with Crippen LogP contribution in [-0.2, 0) is 9.53 Å². The van der Waals surface area contributed by atoms with Crippen molar-refractivity contribution in [2.45, 2.75) is 33.3 Å². The van der Waals surface area contributed by atoms with Crippen molar-refractivity contribution in [1.29, 1.82) is 0 Å². The molecule has 0 spiro atoms. The van der Waals surface area contributed by atoms with Gasteiger partial charge in [-0.1, -0.05) is 35.9 Å². The summed E-state index contributed by atoms with van der Waals surface area (Å²) < 4.78 is 5.24. The van der Waals surface area contributed by atoms with Gasteiger partial charge in [0.2, 0.25) is 0 Å². The Kier molecular flexibility index (Phi) is 3.93. The lowest BCUT2D eigenvalue weighted by Crippen LogP contribution is -2.22. The molecule has 0 unspecified atom stereocenters. The van der Waals surface area contributed by atoms with Gasteiger partial charge in [0.15, 0.2) is 0 Å². The smallest absolute Gasteiger partial charge is 0.331 e. The van der Waals surface area contributed by atoms with Gasteiger partial charge in [-0.2, -0.15) is 0 Å². The molecule has 0 radical (unpaired) electrons. The van der Waals surface area contributed by atoms with Crippen LogP contribution in [-0.4, -0.2) is 11.6 Å². The van der Waals surface area contributed by atoms with Crippen LogP contribution in [0.3, 0.4) is 0 Å². The molecular weight excluding hydrogens is 248 g/mol. The first kappa shape index (κ1) is 14.3. The Hall–Kier alpha value is -2.09. The number of carbonyl (C=O) groups is 1. The van der Waals surface area contributed by atoms with Crippen molar-refractivity contribution in [1.82, 2.24) is 0 Å². The molecule has 0 aliphatic carbocycles. The third-order valence-electron chi connectivity index (χ3n) is 2.84. The second-order valence-electron chi connectivity index (χ2n) is 5.98. The molecule has 0 bridgehead atoms. The zero-order chi connectivity index (χ0) is 14.8. The molecule has 2 aromatic rings. The van der Waals surface area contributed by atoms with E-state index in [0.717, 1.165) is 5.56 Å². The SMILES string of the molecule is Cc1ccc2cc(/C=C/C(=O)OC(C)(C)C)ccc2c1. The normalized spacial score (nSPS) is 12.0. The Balaban J connectivity index is 2.18. The summed E-state index contributed by atoms with van der Waals surface area (Å²) in [4.78, 5) is 11.6. The van der Waals surface area contributed by atoms with Crippen LogP contribution in [0.4, 0.5) is 0 Å². The molecule has 0 heterocycles. The van der Waals surface area contributed by atoms with Gasteiger partial charge in [0.05, 0.1) is 0 Å². The van der Waals surface area contributed by atoms with E-state index < -0.39 is 5.60 Å². The Bertz CT molecular complexity index is 661. The van der Waals surface area contributed by atoms with Gasteiger partial charge in [-0.15, -0.1) is 0 Å². The summed E-state index contributed by atoms with van der Waals surface area (Å²) in [5, 5.41) is 2.38. The average Bonchev–Trinajstić information content (AvgIpc) is 2.34. The molecule has 0 atom stereocenters. The van der Waals surface area contributed by atoms with Gasteiger partial charge >= 0.3 is 5.97 Å². The number of ether oxygens (including phenoxy) is 1. The van der Waals surface area contributed by atoms with E-state index in [-0.39, 0.29) is 5.97 Å². The maximum absolute atomic E-state index is 11.6. The number of hydrogen-bond acceptors (Lipinski definition) is 2. The summed E-state index contributed by atoms with van der Waals surface area (Å²) in [6, 6.07) is 12.5. The Morgan fingerprint density at radius 2 is 1.70 bits per heavy atom. The van der Waals surface area contributed by atoms with E-state index in [1.54, 1.807) is 6.08 Å². The molecule has 2 heteroatoms. The lowest BCUT2D eigenvalue weighted by atomic mass is 10.0. The Morgan fingerprint density at radius 3 is 2.40 bits per heavy atom. The summed E-state index contributed by atoms with van der Waals surface area (Å²) in [6.07, 6.45) is 3.26. The number of carbonyl (C=O) groups excluding carboxylic acids is 1. The van der Waals surface area contributed by atoms with Gasteiger partial charge in [0.25, 0.3) is 0 Å². The third-order valence-corrected chi connectivity index (χ3v) is 2.84. The van der Waals surface area contributed by atoms with Gasteiger partial charge in [-0.25, -0.2) is 4.79 Å². The lowest BCUT2D eigenvalue weighted by molar-refractivity contribution is -0.148. The topological polar surface area (TPSA) is 26.3 Å². The molecule has 0 amide bonds. The Morgan fingerprint density at radius 1 is 1.05 bits per heavy atom. The zero-order valence-corrected chi connectivity index (χ0v) is 12.4. The predicted octanol–water partition coefficient (Wildman–Crippen LogP) is 4.50. The second-order valence-corrected chi connectivity index (χ2v) is 5.98. The third kappa shape index (κ3) is 3.95. The van der Waals surface area contributed by atoms with E-state index >= 15 is 0 Å². The van der Waals surface area contributed by atoms with Gasteiger partial charge in [0.1, 0.15) is 5.60 Å². The van der Waals surface area contributed by atoms with E-state index in [9.17, 15) is 4.79 Å². The van der Waals surface area contributed by atoms with Gasteiger partial charge < -0.3 is 4.74 Å². The second kappa shape index (κ2) is 5.49. The minimum absolute atomic E-state index is 0.318. The molecule has 0 aromatic heterocycles. The van der Waals surface area contributed by atoms with E-state index in [4.69, 9.17) is 4.74 Å². The molecule has 0 fully saturated rings. The van der Waals surface area contributed by atoms with E-state index in [0.29, 0.717) is 0 Å². The highest BCUT2D eigenvalue weighted by Crippen LogP contribution is 2.18. The van der Waals surface area contributed by atoms with Crippen LogP contribution < -0.4 is 0 Å². The molecule has 0 aliphatic heterocycles. The van der Waals surface area contributed by atoms with Crippen molar-refractivity contribution in [3.63, 3.8) is 0 Å². The van der Waals surface area contributed by atoms with Crippen LogP contribution in [0.2, 0.25) is 0 Å². The highest BCUT2D eigenvalue weighted by molar-refractivity contribution is 5.90. The monoisotopic (exact) mass is 268 g/mol. The van der Waals surface area contributed by atoms with Gasteiger partial charge in [-0.3, -0.25) is 0 Å². The molecular formula is C18H20O2. The van der Waals surface area contributed by atoms with Crippen LogP contribution in [0, 0.1) is 6.92 Å². The fourth-order valence-corrected chi connectivity index (χ4v) is 1.99. The summed E-state index contributed by atoms with van der Waals surface area (Å²) in [5.74, 6) is -0.318. The number of esters is 1. The molecule has 2 rings (SSSR count). The highest BCUT2D eigenvalue weighted by Gasteiger charge is 2.13. The van der Waals surface area contributed by atoms with Crippen LogP contribution >= 0.6 is 0 Å². The molecule has 2 nitrogen and oxygen atoms in total. The predicted molar refractivity (Wildman–Crippen MR) is 83.6 cm³/mol. The first-order valence-electron chi connectivity index (χ1n) is 6.75. The zero-order valence-electron chi connectivity index (χ0n) is 12.4. The highest BCUT2D eigenvalue weighted by atomic mass is 16.6. The molecule has 20 heavy (non-hydrogen) atoms. The quantitative estimate of drug-likeness (QED) is 0.592. The number of fused-ring (bicyclic) bond motifs is 1. The largest absolute Gasteiger partial charge is 0.457 e. The standard InChI is InChI=1S/C18H20O2/c1-13-5-8-16-12-14(6-9-15(16)11-13)7-10-17(19)20-18(2,3)4/h5-12H,1-4H3/b10-7+. The number of benzene rings is 2. The first-order valence-corrected chi connectivity index (χ1v) is 6.75. The fourth-order valence-electron chi connectivity index (χ4n) is 1.99. The molecule has 0 saturated heterocycles. The van der Waals surface area contributed by atoms with Crippen LogP contribution in [0.1, 0.15) is 31.9 Å². The minimum atomic E-state index is -0.456. The van der Waals surface area contributed by atoms with Crippen molar-refractivity contribution in [3.8, 4) is 0 Å². The fraction of sp³-hybridized carbons (Fsp3) is 0.278. The minimum Gasteiger partial charge on any atom is -0.457 e. The van der Waals surface area contributed by atoms with Crippen molar-refractivity contribution in [2.75, 3.05) is 0 Å². The van der Waals surface area contributed by atoms with Crippen molar-refractivity contribution in [2.24, 2.45) is 0 Å². The van der Waals surface area contributed by atoms with E-state index in [2.05, 4.69) is 37.3 Å². The molecule has 0 aliphatic rings. The van der Waals surface area contributed by atoms with Crippen LogP contribution in [0.5, 0.6) is 0 Å². The van der Waals surface area contributed by atoms with Crippen LogP contribution in [0.15, 0.2) is 42.5 Å². The summed E-state index contributed by atoms with van der Waals surface area (Å²) in [5.41, 5.74) is 1.78. The number of rotatable bonds is 2. The van der Waals surface area contributed by atoms with Crippen molar-refractivity contribution >= 4 is 22.8 Å². The van der Waals surface area contributed by atoms with Gasteiger partial charge in [-0.05, 0) is 56.2 Å². The van der Waals surface area contributed by atoms with Gasteiger partial charge in [0, 0.05) is 6.08 Å². The molecule has 0 saturated carbocycles.